The van der Waals surface area contributed by atoms with Gasteiger partial charge >= 0.3 is 0 Å². The molecular formula is C23H18N4OS. The third-order valence-electron chi connectivity index (χ3n) is 4.72. The predicted octanol–water partition coefficient (Wildman–Crippen LogP) is 5.06. The molecule has 29 heavy (non-hydrogen) atoms. The van der Waals surface area contributed by atoms with E-state index in [1.807, 2.05) is 91.0 Å². The van der Waals surface area contributed by atoms with Crippen molar-refractivity contribution in [1.82, 2.24) is 9.55 Å². The van der Waals surface area contributed by atoms with Crippen LogP contribution in [0.5, 0.6) is 0 Å². The second kappa shape index (κ2) is 7.48. The molecule has 0 aliphatic carbocycles. The first-order valence-electron chi connectivity index (χ1n) is 9.31. The first-order valence-corrected chi connectivity index (χ1v) is 10.7. The number of hydrogen-bond donors (Lipinski definition) is 1. The summed E-state index contributed by atoms with van der Waals surface area (Å²) in [7, 11) is -0.654. The minimum Gasteiger partial charge on any atom is -0.273 e. The van der Waals surface area contributed by atoms with Crippen LogP contribution >= 0.6 is 0 Å². The number of anilines is 1. The van der Waals surface area contributed by atoms with Gasteiger partial charge in [0.05, 0.1) is 22.8 Å². The fourth-order valence-corrected chi connectivity index (χ4v) is 4.84. The molecule has 1 unspecified atom stereocenters. The molecule has 2 heterocycles. The number of para-hydroxylation sites is 1. The van der Waals surface area contributed by atoms with Crippen LogP contribution in [0.2, 0.25) is 0 Å². The summed E-state index contributed by atoms with van der Waals surface area (Å²) in [6.07, 6.45) is 0. The van der Waals surface area contributed by atoms with Crippen molar-refractivity contribution in [3.8, 4) is 22.5 Å². The number of imidazole rings is 1. The molecule has 4 aromatic rings. The maximum atomic E-state index is 13.0. The van der Waals surface area contributed by atoms with Gasteiger partial charge in [0.1, 0.15) is 0 Å². The highest BCUT2D eigenvalue weighted by Gasteiger charge is 2.32. The van der Waals surface area contributed by atoms with Gasteiger partial charge in [-0.25, -0.2) is 4.98 Å². The van der Waals surface area contributed by atoms with E-state index < -0.39 is 10.7 Å². The molecule has 1 aliphatic rings. The van der Waals surface area contributed by atoms with E-state index in [0.29, 0.717) is 10.9 Å². The van der Waals surface area contributed by atoms with Crippen molar-refractivity contribution >= 4 is 22.3 Å². The lowest BCUT2D eigenvalue weighted by Gasteiger charge is -2.07. The highest BCUT2D eigenvalue weighted by Crippen LogP contribution is 2.36. The standard InChI is InChI=1S/C23H18N4OS/c28-20-16-29(26-25-19-14-8-3-9-15-19)23-24-21(17-10-4-1-5-11-17)22(27(20)23)18-12-6-2-7-13-18/h1-15,25H,16H2. The van der Waals surface area contributed by atoms with Gasteiger partial charge < -0.3 is 0 Å². The highest BCUT2D eigenvalue weighted by atomic mass is 32.2. The van der Waals surface area contributed by atoms with Crippen molar-refractivity contribution < 1.29 is 4.79 Å². The van der Waals surface area contributed by atoms with Crippen molar-refractivity contribution in [2.75, 3.05) is 11.2 Å². The van der Waals surface area contributed by atoms with Crippen molar-refractivity contribution in [1.29, 1.82) is 0 Å². The number of fused-ring (bicyclic) bond motifs is 1. The Morgan fingerprint density at radius 1 is 0.828 bits per heavy atom. The van der Waals surface area contributed by atoms with Crippen LogP contribution < -0.4 is 5.43 Å². The first-order chi connectivity index (χ1) is 14.3. The average Bonchev–Trinajstić information content (AvgIpc) is 3.32. The lowest BCUT2D eigenvalue weighted by atomic mass is 10.0. The molecule has 0 bridgehead atoms. The number of rotatable bonds is 4. The zero-order chi connectivity index (χ0) is 19.6. The van der Waals surface area contributed by atoms with Crippen molar-refractivity contribution in [2.45, 2.75) is 5.16 Å². The zero-order valence-corrected chi connectivity index (χ0v) is 16.3. The van der Waals surface area contributed by atoms with Crippen LogP contribution in [0.1, 0.15) is 4.79 Å². The Morgan fingerprint density at radius 2 is 1.41 bits per heavy atom. The van der Waals surface area contributed by atoms with Gasteiger partial charge in [0.15, 0.2) is 5.16 Å². The number of carbonyl (C=O) groups excluding carboxylic acids is 1. The molecule has 3 aromatic carbocycles. The fraction of sp³-hybridized carbons (Fsp3) is 0.0435. The Balaban J connectivity index is 1.66. The molecule has 1 N–H and O–H groups in total. The van der Waals surface area contributed by atoms with Gasteiger partial charge in [0, 0.05) is 21.8 Å². The van der Waals surface area contributed by atoms with Gasteiger partial charge in [0.2, 0.25) is 5.91 Å². The van der Waals surface area contributed by atoms with Crippen LogP contribution in [-0.2, 0) is 10.7 Å². The molecule has 6 heteroatoms. The number of hydrogen-bond acceptors (Lipinski definition) is 3. The molecule has 1 atom stereocenters. The van der Waals surface area contributed by atoms with Gasteiger partial charge in [-0.3, -0.25) is 14.8 Å². The molecule has 0 fully saturated rings. The topological polar surface area (TPSA) is 59.3 Å². The quantitative estimate of drug-likeness (QED) is 0.489. The van der Waals surface area contributed by atoms with Gasteiger partial charge in [-0.1, -0.05) is 78.9 Å². The van der Waals surface area contributed by atoms with E-state index in [9.17, 15) is 4.79 Å². The monoisotopic (exact) mass is 398 g/mol. The van der Waals surface area contributed by atoms with E-state index in [1.54, 1.807) is 4.57 Å². The summed E-state index contributed by atoms with van der Waals surface area (Å²) in [6, 6.07) is 29.7. The van der Waals surface area contributed by atoms with Crippen LogP contribution in [0.15, 0.2) is 101 Å². The third-order valence-corrected chi connectivity index (χ3v) is 6.25. The largest absolute Gasteiger partial charge is 0.273 e. The molecule has 5 nitrogen and oxygen atoms in total. The lowest BCUT2D eigenvalue weighted by Crippen LogP contribution is -2.09. The van der Waals surface area contributed by atoms with Gasteiger partial charge in [-0.05, 0) is 12.1 Å². The van der Waals surface area contributed by atoms with Crippen LogP contribution in [0.4, 0.5) is 5.69 Å². The van der Waals surface area contributed by atoms with Crippen LogP contribution in [0.25, 0.3) is 22.5 Å². The number of nitrogens with zero attached hydrogens (tertiary/aromatic N) is 3. The summed E-state index contributed by atoms with van der Waals surface area (Å²) < 4.78 is 6.35. The Bertz CT molecular complexity index is 1200. The third kappa shape index (κ3) is 3.28. The van der Waals surface area contributed by atoms with E-state index in [4.69, 9.17) is 4.98 Å². The van der Waals surface area contributed by atoms with Gasteiger partial charge in [-0.2, -0.15) is 0 Å². The fourth-order valence-electron chi connectivity index (χ4n) is 3.39. The molecule has 1 aromatic heterocycles. The summed E-state index contributed by atoms with van der Waals surface area (Å²) in [5, 5.41) is 0.705. The molecule has 0 radical (unpaired) electrons. The summed E-state index contributed by atoms with van der Waals surface area (Å²) in [5.41, 5.74) is 7.59. The Morgan fingerprint density at radius 3 is 2.07 bits per heavy atom. The SMILES string of the molecule is O=C1CS(=NNc2ccccc2)c2nc(-c3ccccc3)c(-c3ccccc3)n21. The summed E-state index contributed by atoms with van der Waals surface area (Å²) in [5.74, 6) is 0.354. The molecular weight excluding hydrogens is 380 g/mol. The summed E-state index contributed by atoms with van der Waals surface area (Å²) >= 11 is 0. The number of benzene rings is 3. The second-order valence-electron chi connectivity index (χ2n) is 6.63. The minimum absolute atomic E-state index is 0.0236. The van der Waals surface area contributed by atoms with E-state index in [1.165, 1.54) is 0 Å². The van der Waals surface area contributed by atoms with E-state index >= 15 is 0 Å². The molecule has 1 aliphatic heterocycles. The Kier molecular flexibility index (Phi) is 4.54. The Labute approximate surface area is 171 Å². The summed E-state index contributed by atoms with van der Waals surface area (Å²) in [4.78, 5) is 17.9. The number of nitrogens with one attached hydrogen (secondary N) is 1. The van der Waals surface area contributed by atoms with E-state index in [-0.39, 0.29) is 5.91 Å². The van der Waals surface area contributed by atoms with Crippen LogP contribution in [-0.4, -0.2) is 21.2 Å². The number of aromatic nitrogens is 2. The molecule has 0 amide bonds. The van der Waals surface area contributed by atoms with E-state index in [2.05, 4.69) is 9.90 Å². The van der Waals surface area contributed by atoms with Gasteiger partial charge in [-0.15, -0.1) is 4.47 Å². The smallest absolute Gasteiger partial charge is 0.244 e. The van der Waals surface area contributed by atoms with Crippen LogP contribution in [0.3, 0.4) is 0 Å². The van der Waals surface area contributed by atoms with Crippen LogP contribution in [0, 0.1) is 0 Å². The maximum Gasteiger partial charge on any atom is 0.244 e. The molecule has 0 saturated heterocycles. The maximum absolute atomic E-state index is 13.0. The van der Waals surface area contributed by atoms with Crippen molar-refractivity contribution in [2.24, 2.45) is 4.47 Å². The normalized spacial score (nSPS) is 15.4. The molecule has 0 saturated carbocycles. The molecule has 0 spiro atoms. The number of carbonyl (C=O) groups is 1. The van der Waals surface area contributed by atoms with Gasteiger partial charge in [0.25, 0.3) is 0 Å². The zero-order valence-electron chi connectivity index (χ0n) is 15.5. The Hall–Kier alpha value is -3.51. The molecule has 5 rings (SSSR count). The summed E-state index contributed by atoms with van der Waals surface area (Å²) in [6.45, 7) is 0. The average molecular weight is 398 g/mol. The first kappa shape index (κ1) is 17.6. The van der Waals surface area contributed by atoms with Crippen molar-refractivity contribution in [3.05, 3.63) is 91.0 Å². The highest BCUT2D eigenvalue weighted by molar-refractivity contribution is 7.88. The lowest BCUT2D eigenvalue weighted by molar-refractivity contribution is 0.0941. The minimum atomic E-state index is -0.654. The van der Waals surface area contributed by atoms with E-state index in [0.717, 1.165) is 28.2 Å². The second-order valence-corrected chi connectivity index (χ2v) is 8.20. The molecule has 142 valence electrons. The van der Waals surface area contributed by atoms with Crippen molar-refractivity contribution in [3.63, 3.8) is 0 Å². The predicted molar refractivity (Wildman–Crippen MR) is 117 cm³/mol.